The summed E-state index contributed by atoms with van der Waals surface area (Å²) in [6.45, 7) is 3.80. The van der Waals surface area contributed by atoms with Crippen molar-refractivity contribution < 1.29 is 0 Å². The lowest BCUT2D eigenvalue weighted by molar-refractivity contribution is 0.207. The fourth-order valence-corrected chi connectivity index (χ4v) is 3.64. The molecule has 3 aromatic rings. The zero-order valence-corrected chi connectivity index (χ0v) is 13.5. The highest BCUT2D eigenvalue weighted by molar-refractivity contribution is 7.13. The van der Waals surface area contributed by atoms with E-state index in [1.807, 2.05) is 36.7 Å². The van der Waals surface area contributed by atoms with Gasteiger partial charge in [-0.25, -0.2) is 9.97 Å². The Morgan fingerprint density at radius 1 is 1.18 bits per heavy atom. The molecule has 1 aliphatic rings. The highest BCUT2D eigenvalue weighted by Crippen LogP contribution is 2.26. The summed E-state index contributed by atoms with van der Waals surface area (Å²) in [5.74, 6) is 1.14. The van der Waals surface area contributed by atoms with Gasteiger partial charge < -0.3 is 4.57 Å². The summed E-state index contributed by atoms with van der Waals surface area (Å²) in [6, 6.07) is 7.84. The van der Waals surface area contributed by atoms with Crippen molar-refractivity contribution in [2.24, 2.45) is 0 Å². The van der Waals surface area contributed by atoms with Crippen LogP contribution >= 0.6 is 22.9 Å². The van der Waals surface area contributed by atoms with Crippen LogP contribution in [0.15, 0.2) is 42.0 Å². The normalized spacial score (nSPS) is 15.0. The first kappa shape index (κ1) is 13.9. The van der Waals surface area contributed by atoms with Crippen molar-refractivity contribution in [1.29, 1.82) is 0 Å². The second kappa shape index (κ2) is 5.83. The molecular formula is C16H15ClN4S. The summed E-state index contributed by atoms with van der Waals surface area (Å²) in [5, 5.41) is 3.94. The van der Waals surface area contributed by atoms with Gasteiger partial charge in [0.05, 0.1) is 12.2 Å². The molecule has 2 aromatic heterocycles. The Bertz CT molecular complexity index is 778. The molecule has 0 saturated heterocycles. The third-order valence-corrected chi connectivity index (χ3v) is 5.04. The van der Waals surface area contributed by atoms with E-state index >= 15 is 0 Å². The first-order valence-electron chi connectivity index (χ1n) is 7.21. The van der Waals surface area contributed by atoms with Gasteiger partial charge in [-0.2, -0.15) is 0 Å². The summed E-state index contributed by atoms with van der Waals surface area (Å²) in [7, 11) is 0. The van der Waals surface area contributed by atoms with Gasteiger partial charge in [-0.1, -0.05) is 23.7 Å². The standard InChI is InChI=1S/C16H15ClN4S/c17-13-3-1-12(2-4-13)16-19-14(11-22-16)9-20-7-8-21-6-5-18-15(21)10-20/h1-6,11H,7-10H2. The van der Waals surface area contributed by atoms with Gasteiger partial charge in [-0.3, -0.25) is 4.90 Å². The monoisotopic (exact) mass is 330 g/mol. The Morgan fingerprint density at radius 2 is 2.05 bits per heavy atom. The summed E-state index contributed by atoms with van der Waals surface area (Å²) < 4.78 is 2.22. The number of aromatic nitrogens is 3. The molecule has 1 aliphatic heterocycles. The highest BCUT2D eigenvalue weighted by Gasteiger charge is 2.17. The van der Waals surface area contributed by atoms with E-state index in [4.69, 9.17) is 16.6 Å². The molecule has 3 heterocycles. The number of thiazole rings is 1. The minimum Gasteiger partial charge on any atom is -0.333 e. The second-order valence-electron chi connectivity index (χ2n) is 5.40. The fraction of sp³-hybridized carbons (Fsp3) is 0.250. The van der Waals surface area contributed by atoms with Gasteiger partial charge in [0.2, 0.25) is 0 Å². The SMILES string of the molecule is Clc1ccc(-c2nc(CN3CCn4ccnc4C3)cs2)cc1. The van der Waals surface area contributed by atoms with Gasteiger partial charge in [0.1, 0.15) is 10.8 Å². The lowest BCUT2D eigenvalue weighted by Gasteiger charge is -2.26. The number of imidazole rings is 1. The Morgan fingerprint density at radius 3 is 2.91 bits per heavy atom. The molecule has 6 heteroatoms. The van der Waals surface area contributed by atoms with Crippen LogP contribution in [0.5, 0.6) is 0 Å². The molecule has 0 saturated carbocycles. The van der Waals surface area contributed by atoms with E-state index in [2.05, 4.69) is 19.8 Å². The molecule has 4 nitrogen and oxygen atoms in total. The summed E-state index contributed by atoms with van der Waals surface area (Å²) in [5.41, 5.74) is 2.24. The van der Waals surface area contributed by atoms with Gasteiger partial charge in [0, 0.05) is 48.0 Å². The van der Waals surface area contributed by atoms with Crippen molar-refractivity contribution in [3.63, 3.8) is 0 Å². The third-order valence-electron chi connectivity index (χ3n) is 3.85. The Kier molecular flexibility index (Phi) is 3.70. The average molecular weight is 331 g/mol. The van der Waals surface area contributed by atoms with E-state index in [1.165, 1.54) is 0 Å². The lowest BCUT2D eigenvalue weighted by Crippen LogP contribution is -2.33. The number of hydrogen-bond donors (Lipinski definition) is 0. The maximum absolute atomic E-state index is 5.93. The van der Waals surface area contributed by atoms with Crippen LogP contribution in [0.25, 0.3) is 10.6 Å². The summed E-state index contributed by atoms with van der Waals surface area (Å²) >= 11 is 7.62. The van der Waals surface area contributed by atoms with Crippen LogP contribution in [0.2, 0.25) is 5.02 Å². The van der Waals surface area contributed by atoms with E-state index in [0.717, 1.165) is 53.3 Å². The van der Waals surface area contributed by atoms with Crippen molar-refractivity contribution in [2.75, 3.05) is 6.54 Å². The fourth-order valence-electron chi connectivity index (χ4n) is 2.69. The number of rotatable bonds is 3. The molecule has 1 aromatic carbocycles. The van der Waals surface area contributed by atoms with Crippen molar-refractivity contribution in [2.45, 2.75) is 19.6 Å². The summed E-state index contributed by atoms with van der Waals surface area (Å²) in [6.07, 6.45) is 3.93. The number of halogens is 1. The number of benzene rings is 1. The molecule has 22 heavy (non-hydrogen) atoms. The Balaban J connectivity index is 1.47. The van der Waals surface area contributed by atoms with E-state index in [1.54, 1.807) is 11.3 Å². The molecule has 112 valence electrons. The van der Waals surface area contributed by atoms with Crippen LogP contribution in [0.4, 0.5) is 0 Å². The first-order valence-corrected chi connectivity index (χ1v) is 8.46. The van der Waals surface area contributed by atoms with Crippen LogP contribution in [-0.4, -0.2) is 26.0 Å². The van der Waals surface area contributed by atoms with Crippen molar-refractivity contribution in [3.05, 3.63) is 58.6 Å². The molecular weight excluding hydrogens is 316 g/mol. The zero-order chi connectivity index (χ0) is 14.9. The van der Waals surface area contributed by atoms with E-state index in [0.29, 0.717) is 0 Å². The van der Waals surface area contributed by atoms with Crippen molar-refractivity contribution in [1.82, 2.24) is 19.4 Å². The Hall–Kier alpha value is -1.69. The number of nitrogens with zero attached hydrogens (tertiary/aromatic N) is 4. The van der Waals surface area contributed by atoms with Crippen molar-refractivity contribution in [3.8, 4) is 10.6 Å². The van der Waals surface area contributed by atoms with Crippen LogP contribution in [0.1, 0.15) is 11.5 Å². The molecule has 0 aliphatic carbocycles. The van der Waals surface area contributed by atoms with Gasteiger partial charge >= 0.3 is 0 Å². The topological polar surface area (TPSA) is 34.0 Å². The van der Waals surface area contributed by atoms with E-state index < -0.39 is 0 Å². The highest BCUT2D eigenvalue weighted by atomic mass is 35.5. The molecule has 4 rings (SSSR count). The molecule has 0 N–H and O–H groups in total. The zero-order valence-electron chi connectivity index (χ0n) is 11.9. The smallest absolute Gasteiger partial charge is 0.123 e. The predicted octanol–water partition coefficient (Wildman–Crippen LogP) is 3.68. The van der Waals surface area contributed by atoms with Crippen LogP contribution in [-0.2, 0) is 19.6 Å². The van der Waals surface area contributed by atoms with Gasteiger partial charge in [0.15, 0.2) is 0 Å². The molecule has 0 amide bonds. The van der Waals surface area contributed by atoms with Gasteiger partial charge in [-0.15, -0.1) is 11.3 Å². The minimum atomic E-state index is 0.754. The molecule has 0 unspecified atom stereocenters. The summed E-state index contributed by atoms with van der Waals surface area (Å²) in [4.78, 5) is 11.5. The molecule has 0 atom stereocenters. The Labute approximate surface area is 138 Å². The maximum atomic E-state index is 5.93. The predicted molar refractivity (Wildman–Crippen MR) is 88.9 cm³/mol. The molecule has 0 spiro atoms. The maximum Gasteiger partial charge on any atom is 0.123 e. The quantitative estimate of drug-likeness (QED) is 0.734. The molecule has 0 fully saturated rings. The second-order valence-corrected chi connectivity index (χ2v) is 6.69. The van der Waals surface area contributed by atoms with Crippen LogP contribution < -0.4 is 0 Å². The number of hydrogen-bond acceptors (Lipinski definition) is 4. The van der Waals surface area contributed by atoms with Crippen molar-refractivity contribution >= 4 is 22.9 Å². The van der Waals surface area contributed by atoms with Crippen LogP contribution in [0, 0.1) is 0 Å². The lowest BCUT2D eigenvalue weighted by atomic mass is 10.2. The van der Waals surface area contributed by atoms with E-state index in [9.17, 15) is 0 Å². The largest absolute Gasteiger partial charge is 0.333 e. The van der Waals surface area contributed by atoms with Crippen LogP contribution in [0.3, 0.4) is 0 Å². The van der Waals surface area contributed by atoms with Gasteiger partial charge in [-0.05, 0) is 12.1 Å². The minimum absolute atomic E-state index is 0.754. The number of fused-ring (bicyclic) bond motifs is 1. The van der Waals surface area contributed by atoms with Gasteiger partial charge in [0.25, 0.3) is 0 Å². The first-order chi connectivity index (χ1) is 10.8. The molecule has 0 radical (unpaired) electrons. The van der Waals surface area contributed by atoms with E-state index in [-0.39, 0.29) is 0 Å². The third kappa shape index (κ3) is 2.79. The average Bonchev–Trinajstić information content (AvgIpc) is 3.17. The molecule has 0 bridgehead atoms.